The van der Waals surface area contributed by atoms with E-state index >= 15 is 0 Å². The molecule has 2 heterocycles. The third kappa shape index (κ3) is 3.42. The van der Waals surface area contributed by atoms with E-state index in [1.54, 1.807) is 24.0 Å². The molecule has 0 bridgehead atoms. The zero-order valence-electron chi connectivity index (χ0n) is 12.1. The highest BCUT2D eigenvalue weighted by atomic mass is 35.5. The molecular weight excluding hydrogens is 339 g/mol. The summed E-state index contributed by atoms with van der Waals surface area (Å²) in [5.41, 5.74) is 0.965. The Kier molecular flexibility index (Phi) is 4.96. The highest BCUT2D eigenvalue weighted by molar-refractivity contribution is 8.14. The van der Waals surface area contributed by atoms with Crippen LogP contribution in [-0.4, -0.2) is 27.0 Å². The summed E-state index contributed by atoms with van der Waals surface area (Å²) in [5.74, 6) is 2.00. The van der Waals surface area contributed by atoms with Crippen LogP contribution in [-0.2, 0) is 13.5 Å². The molecule has 1 aromatic carbocycles. The van der Waals surface area contributed by atoms with Gasteiger partial charge in [0, 0.05) is 31.6 Å². The predicted octanol–water partition coefficient (Wildman–Crippen LogP) is 3.70. The fourth-order valence-electron chi connectivity index (χ4n) is 2.38. The monoisotopic (exact) mass is 354 g/mol. The zero-order chi connectivity index (χ0) is 15.5. The molecule has 1 aromatic heterocycles. The van der Waals surface area contributed by atoms with Gasteiger partial charge in [-0.1, -0.05) is 47.1 Å². The molecule has 2 aromatic rings. The lowest BCUT2D eigenvalue weighted by molar-refractivity contribution is 0.608. The van der Waals surface area contributed by atoms with Gasteiger partial charge in [0.2, 0.25) is 0 Å². The van der Waals surface area contributed by atoms with Gasteiger partial charge in [-0.3, -0.25) is 4.99 Å². The van der Waals surface area contributed by atoms with Crippen molar-refractivity contribution in [3.8, 4) is 0 Å². The van der Waals surface area contributed by atoms with Gasteiger partial charge in [-0.15, -0.1) is 0 Å². The van der Waals surface area contributed by atoms with E-state index in [0.717, 1.165) is 28.9 Å². The maximum atomic E-state index is 6.41. The van der Waals surface area contributed by atoms with Crippen molar-refractivity contribution in [2.75, 3.05) is 12.3 Å². The van der Waals surface area contributed by atoms with Gasteiger partial charge in [-0.05, 0) is 11.6 Å². The normalized spacial score (nSPS) is 15.7. The SMILES string of the molecule is Cn1ccnc1CC(NC1=NCCS1)c1cccc(Cl)c1Cl. The van der Waals surface area contributed by atoms with Gasteiger partial charge in [0.05, 0.1) is 22.6 Å². The van der Waals surface area contributed by atoms with Crippen LogP contribution in [0.4, 0.5) is 0 Å². The number of benzene rings is 1. The van der Waals surface area contributed by atoms with Crippen LogP contribution in [0.5, 0.6) is 0 Å². The first-order valence-corrected chi connectivity index (χ1v) is 8.73. The second kappa shape index (κ2) is 6.94. The second-order valence-corrected chi connectivity index (χ2v) is 6.90. The molecule has 0 saturated carbocycles. The van der Waals surface area contributed by atoms with E-state index in [-0.39, 0.29) is 6.04 Å². The third-order valence-corrected chi connectivity index (χ3v) is 5.29. The number of thioether (sulfide) groups is 1. The fourth-order valence-corrected chi connectivity index (χ4v) is 3.60. The quantitative estimate of drug-likeness (QED) is 0.909. The molecule has 1 N–H and O–H groups in total. The standard InChI is InChI=1S/C15H16Cl2N4S/c1-21-7-5-18-13(21)9-12(20-15-19-6-8-22-15)10-3-2-4-11(16)14(10)17/h2-5,7,12H,6,8-9H2,1H3,(H,19,20). The Hall–Kier alpha value is -1.17. The summed E-state index contributed by atoms with van der Waals surface area (Å²) in [4.78, 5) is 8.88. The third-order valence-electron chi connectivity index (χ3n) is 3.55. The van der Waals surface area contributed by atoms with Crippen molar-refractivity contribution in [2.45, 2.75) is 12.5 Å². The molecule has 22 heavy (non-hydrogen) atoms. The number of aryl methyl sites for hydroxylation is 1. The number of aromatic nitrogens is 2. The van der Waals surface area contributed by atoms with Crippen LogP contribution in [0, 0.1) is 0 Å². The topological polar surface area (TPSA) is 42.2 Å². The molecule has 1 unspecified atom stereocenters. The van der Waals surface area contributed by atoms with Gasteiger partial charge in [-0.25, -0.2) is 4.98 Å². The molecule has 0 amide bonds. The summed E-state index contributed by atoms with van der Waals surface area (Å²) >= 11 is 14.3. The van der Waals surface area contributed by atoms with Gasteiger partial charge in [0.15, 0.2) is 5.17 Å². The van der Waals surface area contributed by atoms with E-state index in [2.05, 4.69) is 15.3 Å². The minimum atomic E-state index is -0.0170. The molecule has 1 aliphatic rings. The van der Waals surface area contributed by atoms with Crippen LogP contribution in [0.15, 0.2) is 35.6 Å². The summed E-state index contributed by atoms with van der Waals surface area (Å²) in [6.07, 6.45) is 4.45. The van der Waals surface area contributed by atoms with Crippen LogP contribution in [0.25, 0.3) is 0 Å². The minimum absolute atomic E-state index is 0.0170. The Morgan fingerprint density at radius 2 is 2.27 bits per heavy atom. The molecule has 3 rings (SSSR count). The van der Waals surface area contributed by atoms with E-state index in [1.165, 1.54) is 0 Å². The molecular formula is C15H16Cl2N4S. The maximum Gasteiger partial charge on any atom is 0.157 e. The summed E-state index contributed by atoms with van der Waals surface area (Å²) < 4.78 is 2.01. The Balaban J connectivity index is 1.91. The lowest BCUT2D eigenvalue weighted by Crippen LogP contribution is -2.28. The first kappa shape index (κ1) is 15.7. The first-order valence-electron chi connectivity index (χ1n) is 6.99. The van der Waals surface area contributed by atoms with E-state index in [9.17, 15) is 0 Å². The van der Waals surface area contributed by atoms with Gasteiger partial charge < -0.3 is 9.88 Å². The van der Waals surface area contributed by atoms with Crippen LogP contribution >= 0.6 is 35.0 Å². The number of hydrogen-bond acceptors (Lipinski definition) is 4. The Morgan fingerprint density at radius 1 is 1.41 bits per heavy atom. The molecule has 0 saturated heterocycles. The largest absolute Gasteiger partial charge is 0.358 e. The van der Waals surface area contributed by atoms with Gasteiger partial charge in [0.25, 0.3) is 0 Å². The number of imidazole rings is 1. The second-order valence-electron chi connectivity index (χ2n) is 5.03. The van der Waals surface area contributed by atoms with Gasteiger partial charge in [-0.2, -0.15) is 0 Å². The smallest absolute Gasteiger partial charge is 0.157 e. The minimum Gasteiger partial charge on any atom is -0.358 e. The summed E-state index contributed by atoms with van der Waals surface area (Å²) in [7, 11) is 1.99. The zero-order valence-corrected chi connectivity index (χ0v) is 14.4. The highest BCUT2D eigenvalue weighted by Gasteiger charge is 2.21. The Bertz CT molecular complexity index is 699. The molecule has 0 radical (unpaired) electrons. The number of hydrogen-bond donors (Lipinski definition) is 1. The number of nitrogens with one attached hydrogen (secondary N) is 1. The fraction of sp³-hybridized carbons (Fsp3) is 0.333. The summed E-state index contributed by atoms with van der Waals surface area (Å²) in [6.45, 7) is 0.853. The van der Waals surface area contributed by atoms with Crippen molar-refractivity contribution in [3.63, 3.8) is 0 Å². The maximum absolute atomic E-state index is 6.41. The average molecular weight is 355 g/mol. The lowest BCUT2D eigenvalue weighted by Gasteiger charge is -2.21. The van der Waals surface area contributed by atoms with Crippen molar-refractivity contribution in [3.05, 3.63) is 52.0 Å². The van der Waals surface area contributed by atoms with Crippen molar-refractivity contribution in [1.82, 2.24) is 14.9 Å². The average Bonchev–Trinajstić information content (AvgIpc) is 3.14. The summed E-state index contributed by atoms with van der Waals surface area (Å²) in [5, 5.41) is 5.58. The van der Waals surface area contributed by atoms with Crippen LogP contribution in [0.3, 0.4) is 0 Å². The van der Waals surface area contributed by atoms with Crippen molar-refractivity contribution in [1.29, 1.82) is 0 Å². The number of halogens is 2. The molecule has 7 heteroatoms. The number of amidine groups is 1. The Morgan fingerprint density at radius 3 is 2.95 bits per heavy atom. The van der Waals surface area contributed by atoms with E-state index in [4.69, 9.17) is 23.2 Å². The number of rotatable bonds is 4. The van der Waals surface area contributed by atoms with Crippen molar-refractivity contribution >= 4 is 40.1 Å². The predicted molar refractivity (Wildman–Crippen MR) is 94.0 cm³/mol. The van der Waals surface area contributed by atoms with Gasteiger partial charge >= 0.3 is 0 Å². The van der Waals surface area contributed by atoms with Crippen LogP contribution in [0.1, 0.15) is 17.4 Å². The molecule has 0 aliphatic carbocycles. The van der Waals surface area contributed by atoms with Gasteiger partial charge in [0.1, 0.15) is 5.82 Å². The van der Waals surface area contributed by atoms with Crippen molar-refractivity contribution < 1.29 is 0 Å². The van der Waals surface area contributed by atoms with E-state index in [1.807, 2.05) is 29.9 Å². The van der Waals surface area contributed by atoms with Crippen LogP contribution < -0.4 is 5.32 Å². The van der Waals surface area contributed by atoms with E-state index < -0.39 is 0 Å². The molecule has 0 fully saturated rings. The van der Waals surface area contributed by atoms with E-state index in [0.29, 0.717) is 16.5 Å². The summed E-state index contributed by atoms with van der Waals surface area (Å²) in [6, 6.07) is 5.69. The molecule has 4 nitrogen and oxygen atoms in total. The number of nitrogens with zero attached hydrogens (tertiary/aromatic N) is 3. The molecule has 1 atom stereocenters. The lowest BCUT2D eigenvalue weighted by atomic mass is 10.0. The highest BCUT2D eigenvalue weighted by Crippen LogP contribution is 2.32. The Labute approximate surface area is 143 Å². The van der Waals surface area contributed by atoms with Crippen molar-refractivity contribution in [2.24, 2.45) is 12.0 Å². The number of aliphatic imine (C=N–C) groups is 1. The molecule has 1 aliphatic heterocycles. The first-order chi connectivity index (χ1) is 10.6. The molecule has 0 spiro atoms. The van der Waals surface area contributed by atoms with Crippen LogP contribution in [0.2, 0.25) is 10.0 Å². The molecule has 116 valence electrons.